The van der Waals surface area contributed by atoms with Crippen LogP contribution in [0.4, 0.5) is 0 Å². The molecule has 2 atom stereocenters. The molecule has 0 aromatic heterocycles. The van der Waals surface area contributed by atoms with Gasteiger partial charge in [-0.05, 0) is 37.2 Å². The van der Waals surface area contributed by atoms with E-state index in [0.29, 0.717) is 0 Å². The SMILES string of the molecule is CCCC(C)C(C)CC.CCCCCc1ccc(C)cc1. The summed E-state index contributed by atoms with van der Waals surface area (Å²) < 4.78 is 0. The van der Waals surface area contributed by atoms with E-state index >= 15 is 0 Å². The lowest BCUT2D eigenvalue weighted by molar-refractivity contribution is 0.352. The minimum absolute atomic E-state index is 0.921. The largest absolute Gasteiger partial charge is 0.0654 e. The second kappa shape index (κ2) is 12.9. The van der Waals surface area contributed by atoms with E-state index in [9.17, 15) is 0 Å². The molecule has 0 spiro atoms. The first-order valence-electron chi connectivity index (χ1n) is 9.10. The number of rotatable bonds is 8. The van der Waals surface area contributed by atoms with E-state index in [1.165, 1.54) is 56.1 Å². The van der Waals surface area contributed by atoms with Crippen LogP contribution in [-0.2, 0) is 6.42 Å². The molecule has 0 heteroatoms. The maximum Gasteiger partial charge on any atom is -0.0279 e. The zero-order chi connectivity index (χ0) is 16.1. The Balaban J connectivity index is 0.000000400. The first kappa shape index (κ1) is 20.2. The zero-order valence-corrected chi connectivity index (χ0v) is 15.4. The van der Waals surface area contributed by atoms with Gasteiger partial charge < -0.3 is 0 Å². The van der Waals surface area contributed by atoms with Crippen LogP contribution >= 0.6 is 0 Å². The third-order valence-electron chi connectivity index (χ3n) is 4.55. The Morgan fingerprint density at radius 1 is 0.810 bits per heavy atom. The highest BCUT2D eigenvalue weighted by atomic mass is 14.1. The molecule has 0 radical (unpaired) electrons. The van der Waals surface area contributed by atoms with Crippen molar-refractivity contribution in [3.05, 3.63) is 35.4 Å². The van der Waals surface area contributed by atoms with Crippen molar-refractivity contribution in [1.82, 2.24) is 0 Å². The summed E-state index contributed by atoms with van der Waals surface area (Å²) in [5, 5.41) is 0. The van der Waals surface area contributed by atoms with Gasteiger partial charge in [-0.1, -0.05) is 96.6 Å². The predicted octanol–water partition coefficient (Wildman–Crippen LogP) is 7.20. The van der Waals surface area contributed by atoms with Crippen molar-refractivity contribution >= 4 is 0 Å². The Labute approximate surface area is 134 Å². The van der Waals surface area contributed by atoms with Gasteiger partial charge in [0, 0.05) is 0 Å². The Hall–Kier alpha value is -0.780. The van der Waals surface area contributed by atoms with E-state index in [1.807, 2.05) is 0 Å². The second-order valence-corrected chi connectivity index (χ2v) is 6.59. The Kier molecular flexibility index (Phi) is 12.4. The highest BCUT2D eigenvalue weighted by molar-refractivity contribution is 5.21. The monoisotopic (exact) mass is 290 g/mol. The molecule has 122 valence electrons. The van der Waals surface area contributed by atoms with Crippen LogP contribution in [0.15, 0.2) is 24.3 Å². The van der Waals surface area contributed by atoms with Gasteiger partial charge in [0.05, 0.1) is 0 Å². The number of hydrogen-bond acceptors (Lipinski definition) is 0. The van der Waals surface area contributed by atoms with Crippen molar-refractivity contribution < 1.29 is 0 Å². The van der Waals surface area contributed by atoms with Crippen LogP contribution in [0.5, 0.6) is 0 Å². The third-order valence-corrected chi connectivity index (χ3v) is 4.55. The van der Waals surface area contributed by atoms with Crippen molar-refractivity contribution in [1.29, 1.82) is 0 Å². The molecule has 0 heterocycles. The van der Waals surface area contributed by atoms with Crippen molar-refractivity contribution in [3.63, 3.8) is 0 Å². The molecule has 0 aliphatic heterocycles. The Bertz CT molecular complexity index is 322. The van der Waals surface area contributed by atoms with Crippen LogP contribution in [0.1, 0.15) is 84.3 Å². The standard InChI is InChI=1S/C12H18.C9H20/c1-3-4-5-6-12-9-7-11(2)8-10-12;1-5-7-9(4)8(3)6-2/h7-10H,3-6H2,1-2H3;8-9H,5-7H2,1-4H3. The quantitative estimate of drug-likeness (QED) is 0.444. The first-order chi connectivity index (χ1) is 10.0. The molecule has 0 amide bonds. The first-order valence-corrected chi connectivity index (χ1v) is 9.10. The molecule has 0 fully saturated rings. The molecule has 0 saturated heterocycles. The normalized spacial score (nSPS) is 13.2. The fourth-order valence-corrected chi connectivity index (χ4v) is 2.48. The third kappa shape index (κ3) is 10.6. The molecule has 0 saturated carbocycles. The van der Waals surface area contributed by atoms with Crippen LogP contribution in [0, 0.1) is 18.8 Å². The van der Waals surface area contributed by atoms with Gasteiger partial charge in [-0.15, -0.1) is 0 Å². The second-order valence-electron chi connectivity index (χ2n) is 6.59. The van der Waals surface area contributed by atoms with E-state index in [4.69, 9.17) is 0 Å². The molecule has 1 aromatic rings. The van der Waals surface area contributed by atoms with E-state index in [2.05, 4.69) is 65.8 Å². The summed E-state index contributed by atoms with van der Waals surface area (Å²) >= 11 is 0. The maximum absolute atomic E-state index is 2.36. The molecule has 0 N–H and O–H groups in total. The zero-order valence-electron chi connectivity index (χ0n) is 15.4. The molecular formula is C21H38. The maximum atomic E-state index is 2.36. The Morgan fingerprint density at radius 2 is 1.43 bits per heavy atom. The summed E-state index contributed by atoms with van der Waals surface area (Å²) in [6.07, 6.45) is 9.31. The molecule has 0 aliphatic rings. The summed E-state index contributed by atoms with van der Waals surface area (Å²) in [6.45, 7) is 13.6. The number of aryl methyl sites for hydroxylation is 2. The van der Waals surface area contributed by atoms with Crippen molar-refractivity contribution in [2.45, 2.75) is 86.5 Å². The summed E-state index contributed by atoms with van der Waals surface area (Å²) in [5.41, 5.74) is 2.84. The van der Waals surface area contributed by atoms with Gasteiger partial charge in [-0.2, -0.15) is 0 Å². The predicted molar refractivity (Wildman–Crippen MR) is 97.9 cm³/mol. The van der Waals surface area contributed by atoms with Gasteiger partial charge in [-0.3, -0.25) is 0 Å². The van der Waals surface area contributed by atoms with Crippen LogP contribution in [0.25, 0.3) is 0 Å². The van der Waals surface area contributed by atoms with E-state index in [1.54, 1.807) is 0 Å². The van der Waals surface area contributed by atoms with E-state index in [-0.39, 0.29) is 0 Å². The fraction of sp³-hybridized carbons (Fsp3) is 0.714. The van der Waals surface area contributed by atoms with Gasteiger partial charge in [0.1, 0.15) is 0 Å². The lowest BCUT2D eigenvalue weighted by Gasteiger charge is -2.16. The molecule has 1 rings (SSSR count). The lowest BCUT2D eigenvalue weighted by atomic mass is 9.90. The summed E-state index contributed by atoms with van der Waals surface area (Å²) in [6, 6.07) is 8.87. The molecule has 2 unspecified atom stereocenters. The average molecular weight is 291 g/mol. The molecule has 1 aromatic carbocycles. The molecule has 0 aliphatic carbocycles. The minimum atomic E-state index is 0.921. The molecular weight excluding hydrogens is 252 g/mol. The van der Waals surface area contributed by atoms with Crippen LogP contribution in [0.3, 0.4) is 0 Å². The summed E-state index contributed by atoms with van der Waals surface area (Å²) in [7, 11) is 0. The van der Waals surface area contributed by atoms with Gasteiger partial charge in [0.25, 0.3) is 0 Å². The smallest absolute Gasteiger partial charge is 0.0279 e. The number of unbranched alkanes of at least 4 members (excludes halogenated alkanes) is 2. The van der Waals surface area contributed by atoms with Gasteiger partial charge in [0.2, 0.25) is 0 Å². The van der Waals surface area contributed by atoms with E-state index in [0.717, 1.165) is 11.8 Å². The highest BCUT2D eigenvalue weighted by Crippen LogP contribution is 2.18. The number of benzene rings is 1. The minimum Gasteiger partial charge on any atom is -0.0654 e. The van der Waals surface area contributed by atoms with Crippen LogP contribution in [0.2, 0.25) is 0 Å². The van der Waals surface area contributed by atoms with Gasteiger partial charge in [0.15, 0.2) is 0 Å². The molecule has 0 bridgehead atoms. The summed E-state index contributed by atoms with van der Waals surface area (Å²) in [4.78, 5) is 0. The van der Waals surface area contributed by atoms with Crippen LogP contribution in [-0.4, -0.2) is 0 Å². The van der Waals surface area contributed by atoms with Crippen LogP contribution < -0.4 is 0 Å². The lowest BCUT2D eigenvalue weighted by Crippen LogP contribution is -2.05. The van der Waals surface area contributed by atoms with Gasteiger partial charge >= 0.3 is 0 Å². The van der Waals surface area contributed by atoms with Crippen molar-refractivity contribution in [3.8, 4) is 0 Å². The molecule has 21 heavy (non-hydrogen) atoms. The van der Waals surface area contributed by atoms with Crippen molar-refractivity contribution in [2.75, 3.05) is 0 Å². The molecule has 0 nitrogen and oxygen atoms in total. The fourth-order valence-electron chi connectivity index (χ4n) is 2.48. The summed E-state index contributed by atoms with van der Waals surface area (Å²) in [5.74, 6) is 1.85. The van der Waals surface area contributed by atoms with E-state index < -0.39 is 0 Å². The average Bonchev–Trinajstić information content (AvgIpc) is 2.49. The van der Waals surface area contributed by atoms with Crippen molar-refractivity contribution in [2.24, 2.45) is 11.8 Å². The van der Waals surface area contributed by atoms with Gasteiger partial charge in [-0.25, -0.2) is 0 Å². The number of hydrogen-bond donors (Lipinski definition) is 0. The Morgan fingerprint density at radius 3 is 1.90 bits per heavy atom. The highest BCUT2D eigenvalue weighted by Gasteiger charge is 2.07. The topological polar surface area (TPSA) is 0 Å².